The average Bonchev–Trinajstić information content (AvgIpc) is 3.25. The van der Waals surface area contributed by atoms with Crippen LogP contribution in [0.3, 0.4) is 0 Å². The Balaban J connectivity index is 1.16. The molecule has 2 saturated heterocycles. The Morgan fingerprint density at radius 2 is 1.33 bits per heavy atom. The van der Waals surface area contributed by atoms with Crippen molar-refractivity contribution in [2.75, 3.05) is 33.3 Å². The lowest BCUT2D eigenvalue weighted by Crippen LogP contribution is -2.34. The van der Waals surface area contributed by atoms with Gasteiger partial charge in [-0.2, -0.15) is 13.2 Å². The number of carbonyl (C=O) groups is 2. The Morgan fingerprint density at radius 3 is 1.90 bits per heavy atom. The first-order valence-corrected chi connectivity index (χ1v) is 12.9. The molecular weight excluding hydrogens is 509 g/mol. The van der Waals surface area contributed by atoms with Crippen molar-refractivity contribution in [3.05, 3.63) is 89.5 Å². The summed E-state index contributed by atoms with van der Waals surface area (Å²) in [5, 5.41) is 0. The molecule has 5 rings (SSSR count). The normalized spacial score (nSPS) is 19.3. The van der Waals surface area contributed by atoms with Crippen LogP contribution in [0.2, 0.25) is 0 Å². The van der Waals surface area contributed by atoms with E-state index >= 15 is 0 Å². The lowest BCUT2D eigenvalue weighted by Gasteiger charge is -2.23. The summed E-state index contributed by atoms with van der Waals surface area (Å²) in [4.78, 5) is 30.1. The van der Waals surface area contributed by atoms with Crippen LogP contribution in [-0.4, -0.2) is 54.9 Å². The average molecular weight is 539 g/mol. The molecule has 2 fully saturated rings. The third-order valence-corrected chi connectivity index (χ3v) is 7.55. The van der Waals surface area contributed by atoms with Crippen molar-refractivity contribution in [1.82, 2.24) is 9.80 Å². The van der Waals surface area contributed by atoms with Crippen molar-refractivity contribution in [2.24, 2.45) is 11.8 Å². The van der Waals surface area contributed by atoms with E-state index in [4.69, 9.17) is 9.47 Å². The number of halogens is 3. The predicted octanol–water partition coefficient (Wildman–Crippen LogP) is 6.13. The van der Waals surface area contributed by atoms with Gasteiger partial charge in [0, 0.05) is 31.7 Å². The zero-order chi connectivity index (χ0) is 27.6. The highest BCUT2D eigenvalue weighted by Gasteiger charge is 2.38. The van der Waals surface area contributed by atoms with Gasteiger partial charge in [0.2, 0.25) is 0 Å². The van der Waals surface area contributed by atoms with Crippen LogP contribution in [0.25, 0.3) is 0 Å². The first-order chi connectivity index (χ1) is 18.7. The minimum Gasteiger partial charge on any atom is -0.496 e. The van der Waals surface area contributed by atoms with Crippen LogP contribution in [0.4, 0.5) is 13.2 Å². The molecule has 204 valence electrons. The third-order valence-electron chi connectivity index (χ3n) is 7.55. The number of methoxy groups -OCH3 is 1. The minimum atomic E-state index is -4.40. The SMILES string of the molecule is COc1ccccc1C(=O)N1CC[C@@H]2CN(C(=O)c3ccc(Oc4ccc(C(F)(F)F)cc4)cc3)C[C@@H]2CC1. The van der Waals surface area contributed by atoms with Crippen molar-refractivity contribution in [1.29, 1.82) is 0 Å². The second-order valence-corrected chi connectivity index (χ2v) is 9.95. The smallest absolute Gasteiger partial charge is 0.416 e. The summed E-state index contributed by atoms with van der Waals surface area (Å²) in [6, 6.07) is 18.3. The largest absolute Gasteiger partial charge is 0.496 e. The maximum atomic E-state index is 13.2. The second kappa shape index (κ2) is 11.0. The molecular formula is C30H29F3N2O4. The molecule has 2 amide bonds. The summed E-state index contributed by atoms with van der Waals surface area (Å²) in [6.45, 7) is 2.56. The Bertz CT molecular complexity index is 1310. The van der Waals surface area contributed by atoms with Crippen molar-refractivity contribution < 1.29 is 32.2 Å². The number of carbonyl (C=O) groups excluding carboxylic acids is 2. The summed E-state index contributed by atoms with van der Waals surface area (Å²) in [5.41, 5.74) is 0.349. The molecule has 9 heteroatoms. The summed E-state index contributed by atoms with van der Waals surface area (Å²) < 4.78 is 49.3. The number of fused-ring (bicyclic) bond motifs is 1. The van der Waals surface area contributed by atoms with Crippen LogP contribution in [-0.2, 0) is 6.18 Å². The fourth-order valence-electron chi connectivity index (χ4n) is 5.40. The van der Waals surface area contributed by atoms with Gasteiger partial charge in [0.1, 0.15) is 17.2 Å². The molecule has 2 atom stereocenters. The summed E-state index contributed by atoms with van der Waals surface area (Å²) >= 11 is 0. The van der Waals surface area contributed by atoms with Gasteiger partial charge < -0.3 is 19.3 Å². The third kappa shape index (κ3) is 5.87. The van der Waals surface area contributed by atoms with Gasteiger partial charge in [0.05, 0.1) is 18.2 Å². The number of ether oxygens (including phenoxy) is 2. The van der Waals surface area contributed by atoms with E-state index in [-0.39, 0.29) is 17.6 Å². The molecule has 0 bridgehead atoms. The van der Waals surface area contributed by atoms with Crippen LogP contribution in [0.1, 0.15) is 39.1 Å². The highest BCUT2D eigenvalue weighted by Crippen LogP contribution is 2.34. The standard InChI is InChI=1S/C30H29F3N2O4/c1-38-27-5-3-2-4-26(27)29(37)34-16-14-21-18-35(19-22(21)15-17-34)28(36)20-6-10-24(11-7-20)39-25-12-8-23(9-13-25)30(31,32)33/h2-13,21-22H,14-19H2,1H3/t21-,22+. The number of alkyl halides is 3. The molecule has 0 spiro atoms. The fraction of sp³-hybridized carbons (Fsp3) is 0.333. The molecule has 0 aromatic heterocycles. The minimum absolute atomic E-state index is 0.0287. The molecule has 2 heterocycles. The van der Waals surface area contributed by atoms with Gasteiger partial charge in [-0.15, -0.1) is 0 Å². The number of hydrogen-bond acceptors (Lipinski definition) is 4. The maximum Gasteiger partial charge on any atom is 0.416 e. The maximum absolute atomic E-state index is 13.2. The zero-order valence-corrected chi connectivity index (χ0v) is 21.5. The zero-order valence-electron chi connectivity index (χ0n) is 21.5. The molecule has 2 aliphatic heterocycles. The Hall–Kier alpha value is -4.01. The van der Waals surface area contributed by atoms with Crippen LogP contribution in [0.15, 0.2) is 72.8 Å². The number of hydrogen-bond donors (Lipinski definition) is 0. The van der Waals surface area contributed by atoms with Crippen LogP contribution in [0, 0.1) is 11.8 Å². The van der Waals surface area contributed by atoms with Crippen molar-refractivity contribution in [3.63, 3.8) is 0 Å². The molecule has 2 aliphatic rings. The van der Waals surface area contributed by atoms with Gasteiger partial charge in [0.25, 0.3) is 11.8 Å². The number of likely N-dealkylation sites (tertiary alicyclic amines) is 2. The van der Waals surface area contributed by atoms with Crippen molar-refractivity contribution in [2.45, 2.75) is 19.0 Å². The van der Waals surface area contributed by atoms with Crippen molar-refractivity contribution in [3.8, 4) is 17.2 Å². The molecule has 0 saturated carbocycles. The highest BCUT2D eigenvalue weighted by atomic mass is 19.4. The summed E-state index contributed by atoms with van der Waals surface area (Å²) in [6.07, 6.45) is -2.75. The highest BCUT2D eigenvalue weighted by molar-refractivity contribution is 5.97. The lowest BCUT2D eigenvalue weighted by atomic mass is 9.92. The van der Waals surface area contributed by atoms with Gasteiger partial charge in [-0.05, 0) is 85.3 Å². The van der Waals surface area contributed by atoms with Crippen LogP contribution in [0.5, 0.6) is 17.2 Å². The predicted molar refractivity (Wildman–Crippen MR) is 139 cm³/mol. The van der Waals surface area contributed by atoms with E-state index < -0.39 is 11.7 Å². The molecule has 0 radical (unpaired) electrons. The van der Waals surface area contributed by atoms with Gasteiger partial charge in [0.15, 0.2) is 0 Å². The van der Waals surface area contributed by atoms with Gasteiger partial charge in [-0.1, -0.05) is 12.1 Å². The number of para-hydroxylation sites is 1. The van der Waals surface area contributed by atoms with Gasteiger partial charge in [-0.25, -0.2) is 0 Å². The Morgan fingerprint density at radius 1 is 0.769 bits per heavy atom. The fourth-order valence-corrected chi connectivity index (χ4v) is 5.40. The molecule has 0 aliphatic carbocycles. The van der Waals surface area contributed by atoms with E-state index in [0.717, 1.165) is 25.0 Å². The van der Waals surface area contributed by atoms with Crippen molar-refractivity contribution >= 4 is 11.8 Å². The number of benzene rings is 3. The van der Waals surface area contributed by atoms with Crippen LogP contribution < -0.4 is 9.47 Å². The monoisotopic (exact) mass is 538 g/mol. The molecule has 3 aromatic carbocycles. The summed E-state index contributed by atoms with van der Waals surface area (Å²) in [5.74, 6) is 1.83. The van der Waals surface area contributed by atoms with Gasteiger partial charge in [-0.3, -0.25) is 9.59 Å². The topological polar surface area (TPSA) is 59.1 Å². The van der Waals surface area contributed by atoms with Gasteiger partial charge >= 0.3 is 6.18 Å². The van der Waals surface area contributed by atoms with E-state index in [1.54, 1.807) is 43.5 Å². The first kappa shape index (κ1) is 26.6. The Kier molecular flexibility index (Phi) is 7.50. The van der Waals surface area contributed by atoms with E-state index in [9.17, 15) is 22.8 Å². The summed E-state index contributed by atoms with van der Waals surface area (Å²) in [7, 11) is 1.56. The van der Waals surface area contributed by atoms with E-state index in [0.29, 0.717) is 60.6 Å². The van der Waals surface area contributed by atoms with Crippen LogP contribution >= 0.6 is 0 Å². The van der Waals surface area contributed by atoms with E-state index in [2.05, 4.69) is 0 Å². The number of nitrogens with zero attached hydrogens (tertiary/aromatic N) is 2. The number of amides is 2. The quantitative estimate of drug-likeness (QED) is 0.392. The second-order valence-electron chi connectivity index (χ2n) is 9.95. The molecule has 6 nitrogen and oxygen atoms in total. The lowest BCUT2D eigenvalue weighted by molar-refractivity contribution is -0.137. The van der Waals surface area contributed by atoms with E-state index in [1.165, 1.54) is 12.1 Å². The number of rotatable bonds is 5. The first-order valence-electron chi connectivity index (χ1n) is 12.9. The molecule has 39 heavy (non-hydrogen) atoms. The Labute approximate surface area is 224 Å². The molecule has 0 unspecified atom stereocenters. The molecule has 0 N–H and O–H groups in total. The molecule has 3 aromatic rings. The van der Waals surface area contributed by atoms with E-state index in [1.807, 2.05) is 21.9 Å².